The maximum Gasteiger partial charge on any atom is 0.221 e. The molecular weight excluding hydrogens is 352 g/mol. The lowest BCUT2D eigenvalue weighted by Crippen LogP contribution is -2.32. The molecular formula is C20H19ClN2O3. The summed E-state index contributed by atoms with van der Waals surface area (Å²) < 4.78 is 10.9. The van der Waals surface area contributed by atoms with E-state index in [-0.39, 0.29) is 11.9 Å². The molecule has 2 aromatic carbocycles. The van der Waals surface area contributed by atoms with Crippen LogP contribution in [0.15, 0.2) is 35.9 Å². The van der Waals surface area contributed by atoms with Crippen LogP contribution in [0.25, 0.3) is 5.57 Å². The van der Waals surface area contributed by atoms with Gasteiger partial charge in [-0.1, -0.05) is 17.7 Å². The van der Waals surface area contributed by atoms with Crippen LogP contribution in [0.5, 0.6) is 11.5 Å². The van der Waals surface area contributed by atoms with Gasteiger partial charge in [0.05, 0.1) is 31.0 Å². The number of carbonyl (C=O) groups is 1. The predicted molar refractivity (Wildman–Crippen MR) is 102 cm³/mol. The van der Waals surface area contributed by atoms with Crippen molar-refractivity contribution in [3.8, 4) is 11.5 Å². The van der Waals surface area contributed by atoms with Crippen LogP contribution >= 0.6 is 11.6 Å². The Labute approximate surface area is 156 Å². The summed E-state index contributed by atoms with van der Waals surface area (Å²) in [6, 6.07) is 9.39. The van der Waals surface area contributed by atoms with E-state index in [0.29, 0.717) is 35.1 Å². The van der Waals surface area contributed by atoms with Crippen LogP contribution < -0.4 is 20.5 Å². The molecule has 0 aromatic heterocycles. The van der Waals surface area contributed by atoms with Gasteiger partial charge >= 0.3 is 0 Å². The number of carbonyl (C=O) groups excluding carboxylic acids is 1. The number of hydrogen-bond acceptors (Lipinski definition) is 4. The average molecular weight is 371 g/mol. The van der Waals surface area contributed by atoms with Crippen LogP contribution in [-0.2, 0) is 4.79 Å². The first-order valence-corrected chi connectivity index (χ1v) is 8.75. The molecule has 1 aliphatic carbocycles. The summed E-state index contributed by atoms with van der Waals surface area (Å²) in [7, 11) is 3.22. The van der Waals surface area contributed by atoms with E-state index >= 15 is 0 Å². The normalized spacial score (nSPS) is 18.3. The van der Waals surface area contributed by atoms with Crippen molar-refractivity contribution < 1.29 is 14.3 Å². The summed E-state index contributed by atoms with van der Waals surface area (Å²) in [4.78, 5) is 12.0. The van der Waals surface area contributed by atoms with Crippen molar-refractivity contribution in [2.75, 3.05) is 20.0 Å². The number of fused-ring (bicyclic) bond motifs is 3. The van der Waals surface area contributed by atoms with Crippen molar-refractivity contribution in [1.82, 2.24) is 5.32 Å². The molecule has 0 saturated carbocycles. The first kappa shape index (κ1) is 16.8. The van der Waals surface area contributed by atoms with E-state index in [0.717, 1.165) is 22.3 Å². The minimum Gasteiger partial charge on any atom is -0.493 e. The lowest BCUT2D eigenvalue weighted by atomic mass is 9.93. The van der Waals surface area contributed by atoms with Crippen molar-refractivity contribution in [1.29, 1.82) is 0 Å². The van der Waals surface area contributed by atoms with Crippen LogP contribution in [-0.4, -0.2) is 20.1 Å². The molecule has 26 heavy (non-hydrogen) atoms. The number of nitrogens with two attached hydrogens (primary N) is 1. The maximum absolute atomic E-state index is 12.0. The highest BCUT2D eigenvalue weighted by molar-refractivity contribution is 6.33. The first-order chi connectivity index (χ1) is 12.5. The lowest BCUT2D eigenvalue weighted by molar-refractivity contribution is -0.122. The quantitative estimate of drug-likeness (QED) is 0.808. The minimum atomic E-state index is -0.155. The number of benzene rings is 2. The predicted octanol–water partition coefficient (Wildman–Crippen LogP) is 3.71. The molecule has 1 heterocycles. The largest absolute Gasteiger partial charge is 0.493 e. The summed E-state index contributed by atoms with van der Waals surface area (Å²) in [6.45, 7) is 0. The smallest absolute Gasteiger partial charge is 0.221 e. The van der Waals surface area contributed by atoms with E-state index in [2.05, 4.69) is 5.32 Å². The molecule has 134 valence electrons. The van der Waals surface area contributed by atoms with Gasteiger partial charge in [-0.2, -0.15) is 0 Å². The van der Waals surface area contributed by atoms with Gasteiger partial charge < -0.3 is 20.5 Å². The molecule has 1 fully saturated rings. The molecule has 0 radical (unpaired) electrons. The van der Waals surface area contributed by atoms with Gasteiger partial charge in [0, 0.05) is 6.42 Å². The second-order valence-electron chi connectivity index (χ2n) is 6.43. The van der Waals surface area contributed by atoms with Gasteiger partial charge in [-0.25, -0.2) is 0 Å². The third kappa shape index (κ3) is 2.51. The minimum absolute atomic E-state index is 0.0522. The van der Waals surface area contributed by atoms with Crippen LogP contribution in [0.4, 0.5) is 5.69 Å². The fourth-order valence-electron chi connectivity index (χ4n) is 3.81. The Bertz CT molecular complexity index is 952. The molecule has 1 aliphatic heterocycles. The summed E-state index contributed by atoms with van der Waals surface area (Å²) in [5, 5.41) is 3.62. The Morgan fingerprint density at radius 2 is 1.85 bits per heavy atom. The van der Waals surface area contributed by atoms with Crippen LogP contribution in [0, 0.1) is 0 Å². The van der Waals surface area contributed by atoms with Crippen LogP contribution in [0.3, 0.4) is 0 Å². The monoisotopic (exact) mass is 370 g/mol. The second kappa shape index (κ2) is 6.25. The number of halogens is 1. The summed E-state index contributed by atoms with van der Waals surface area (Å²) in [6.07, 6.45) is 1.17. The molecule has 2 aromatic rings. The van der Waals surface area contributed by atoms with E-state index in [1.54, 1.807) is 20.3 Å². The van der Waals surface area contributed by atoms with Crippen molar-refractivity contribution in [3.05, 3.63) is 57.6 Å². The Morgan fingerprint density at radius 1 is 1.12 bits per heavy atom. The number of nitrogen functional groups attached to an aromatic ring is 1. The number of anilines is 1. The second-order valence-corrected chi connectivity index (χ2v) is 6.84. The number of methoxy groups -OCH3 is 2. The van der Waals surface area contributed by atoms with Crippen LogP contribution in [0.1, 0.15) is 35.6 Å². The molecule has 3 N–H and O–H groups in total. The Kier molecular flexibility index (Phi) is 4.04. The van der Waals surface area contributed by atoms with Gasteiger partial charge in [0.25, 0.3) is 0 Å². The fourth-order valence-corrected chi connectivity index (χ4v) is 3.93. The molecule has 4 rings (SSSR count). The molecule has 1 saturated heterocycles. The lowest BCUT2D eigenvalue weighted by Gasteiger charge is -2.24. The number of rotatable bonds is 3. The highest BCUT2D eigenvalue weighted by Crippen LogP contribution is 2.50. The molecule has 5 nitrogen and oxygen atoms in total. The molecule has 1 atom stereocenters. The number of hydrogen-bond donors (Lipinski definition) is 2. The van der Waals surface area contributed by atoms with E-state index in [1.807, 2.05) is 24.3 Å². The number of nitrogens with one attached hydrogen (secondary N) is 1. The SMILES string of the molecule is COc1cc2c(cc1OC)C1NC(=O)CCC1=C2c1ccc(Cl)c(N)c1. The molecule has 0 bridgehead atoms. The van der Waals surface area contributed by atoms with Gasteiger partial charge in [0.15, 0.2) is 11.5 Å². The molecule has 6 heteroatoms. The summed E-state index contributed by atoms with van der Waals surface area (Å²) >= 11 is 6.10. The van der Waals surface area contributed by atoms with Crippen LogP contribution in [0.2, 0.25) is 5.02 Å². The first-order valence-electron chi connectivity index (χ1n) is 8.37. The van der Waals surface area contributed by atoms with E-state index in [1.165, 1.54) is 5.57 Å². The van der Waals surface area contributed by atoms with Gasteiger partial charge in [0.2, 0.25) is 5.91 Å². The van der Waals surface area contributed by atoms with E-state index in [9.17, 15) is 4.79 Å². The van der Waals surface area contributed by atoms with Gasteiger partial charge in [-0.05, 0) is 58.5 Å². The summed E-state index contributed by atoms with van der Waals surface area (Å²) in [5.74, 6) is 1.34. The van der Waals surface area contributed by atoms with Crippen molar-refractivity contribution >= 4 is 28.8 Å². The third-order valence-electron chi connectivity index (χ3n) is 5.02. The average Bonchev–Trinajstić information content (AvgIpc) is 2.95. The summed E-state index contributed by atoms with van der Waals surface area (Å²) in [5.41, 5.74) is 11.8. The molecule has 2 aliphatic rings. The highest BCUT2D eigenvalue weighted by atomic mass is 35.5. The van der Waals surface area contributed by atoms with Gasteiger partial charge in [-0.3, -0.25) is 4.79 Å². The number of ether oxygens (including phenoxy) is 2. The van der Waals surface area contributed by atoms with E-state index in [4.69, 9.17) is 26.8 Å². The fraction of sp³-hybridized carbons (Fsp3) is 0.250. The zero-order valence-electron chi connectivity index (χ0n) is 14.6. The van der Waals surface area contributed by atoms with Gasteiger partial charge in [0.1, 0.15) is 0 Å². The number of amides is 1. The highest BCUT2D eigenvalue weighted by Gasteiger charge is 2.37. The van der Waals surface area contributed by atoms with E-state index < -0.39 is 0 Å². The Balaban J connectivity index is 1.96. The van der Waals surface area contributed by atoms with Crippen molar-refractivity contribution in [2.45, 2.75) is 18.9 Å². The molecule has 0 spiro atoms. The van der Waals surface area contributed by atoms with Crippen molar-refractivity contribution in [3.63, 3.8) is 0 Å². The topological polar surface area (TPSA) is 73.6 Å². The number of piperidine rings is 1. The Morgan fingerprint density at radius 3 is 2.54 bits per heavy atom. The van der Waals surface area contributed by atoms with Gasteiger partial charge in [-0.15, -0.1) is 0 Å². The maximum atomic E-state index is 12.0. The third-order valence-corrected chi connectivity index (χ3v) is 5.36. The zero-order valence-corrected chi connectivity index (χ0v) is 15.3. The Hall–Kier alpha value is -2.66. The molecule has 1 unspecified atom stereocenters. The van der Waals surface area contributed by atoms with Crippen molar-refractivity contribution in [2.24, 2.45) is 0 Å². The standard InChI is InChI=1S/C20H19ClN2O3/c1-25-16-8-12-13(9-17(16)26-2)20-11(4-6-18(24)23-20)19(12)10-3-5-14(21)15(22)7-10/h3,5,7-9,20H,4,6,22H2,1-2H3,(H,23,24). The molecule has 1 amide bonds. The zero-order chi connectivity index (χ0) is 18.4.